The Morgan fingerprint density at radius 1 is 1.00 bits per heavy atom. The Labute approximate surface area is 122 Å². The molecule has 1 nitrogen and oxygen atoms in total. The molecule has 1 atom stereocenters. The van der Waals surface area contributed by atoms with Crippen molar-refractivity contribution in [1.29, 1.82) is 0 Å². The highest BCUT2D eigenvalue weighted by molar-refractivity contribution is 5.72. The second-order valence-electron chi connectivity index (χ2n) is 5.95. The van der Waals surface area contributed by atoms with E-state index < -0.39 is 0 Å². The summed E-state index contributed by atoms with van der Waals surface area (Å²) in [7, 11) is 0. The Morgan fingerprint density at radius 2 is 1.65 bits per heavy atom. The van der Waals surface area contributed by atoms with E-state index in [2.05, 4.69) is 52.0 Å². The van der Waals surface area contributed by atoms with Crippen LogP contribution in [-0.2, 0) is 6.42 Å². The van der Waals surface area contributed by atoms with Crippen molar-refractivity contribution in [2.45, 2.75) is 40.5 Å². The molecular weight excluding hydrogens is 244 g/mol. The minimum atomic E-state index is 0.364. The largest absolute Gasteiger partial charge is 0.507 e. The van der Waals surface area contributed by atoms with E-state index in [1.807, 2.05) is 12.1 Å². The van der Waals surface area contributed by atoms with Crippen LogP contribution in [0.1, 0.15) is 37.0 Å². The van der Waals surface area contributed by atoms with E-state index >= 15 is 0 Å². The lowest BCUT2D eigenvalue weighted by atomic mass is 9.94. The van der Waals surface area contributed by atoms with E-state index in [1.165, 1.54) is 23.1 Å². The van der Waals surface area contributed by atoms with Gasteiger partial charge in [-0.15, -0.1) is 0 Å². The molecule has 1 unspecified atom stereocenters. The minimum Gasteiger partial charge on any atom is -0.507 e. The zero-order chi connectivity index (χ0) is 14.7. The first-order valence-corrected chi connectivity index (χ1v) is 7.40. The first kappa shape index (κ1) is 14.6. The van der Waals surface area contributed by atoms with Crippen molar-refractivity contribution >= 4 is 0 Å². The molecule has 0 aliphatic rings. The van der Waals surface area contributed by atoms with Gasteiger partial charge in [0.25, 0.3) is 0 Å². The molecule has 0 fully saturated rings. The molecule has 0 aliphatic carbocycles. The molecule has 0 saturated carbocycles. The third-order valence-electron chi connectivity index (χ3n) is 3.87. The number of aryl methyl sites for hydroxylation is 2. The maximum Gasteiger partial charge on any atom is 0.123 e. The SMILES string of the molecule is CCC(C)Cc1ccc(O)c(-c2cc(C)cc(C)c2)c1. The molecule has 0 heterocycles. The normalized spacial score (nSPS) is 12.4. The number of hydrogen-bond donors (Lipinski definition) is 1. The molecule has 1 heteroatoms. The van der Waals surface area contributed by atoms with Gasteiger partial charge in [-0.05, 0) is 49.4 Å². The van der Waals surface area contributed by atoms with E-state index in [9.17, 15) is 5.11 Å². The van der Waals surface area contributed by atoms with E-state index in [4.69, 9.17) is 0 Å². The second kappa shape index (κ2) is 6.13. The van der Waals surface area contributed by atoms with Crippen LogP contribution in [0.3, 0.4) is 0 Å². The van der Waals surface area contributed by atoms with Crippen LogP contribution in [-0.4, -0.2) is 5.11 Å². The van der Waals surface area contributed by atoms with Gasteiger partial charge in [0.2, 0.25) is 0 Å². The molecule has 0 radical (unpaired) electrons. The van der Waals surface area contributed by atoms with Crippen LogP contribution in [0, 0.1) is 19.8 Å². The lowest BCUT2D eigenvalue weighted by Crippen LogP contribution is -1.98. The fourth-order valence-electron chi connectivity index (χ4n) is 2.62. The van der Waals surface area contributed by atoms with Crippen LogP contribution in [0.15, 0.2) is 36.4 Å². The summed E-state index contributed by atoms with van der Waals surface area (Å²) >= 11 is 0. The Morgan fingerprint density at radius 3 is 2.25 bits per heavy atom. The summed E-state index contributed by atoms with van der Waals surface area (Å²) in [4.78, 5) is 0. The fourth-order valence-corrected chi connectivity index (χ4v) is 2.62. The Hall–Kier alpha value is -1.76. The zero-order valence-corrected chi connectivity index (χ0v) is 12.9. The molecule has 0 aromatic heterocycles. The van der Waals surface area contributed by atoms with Gasteiger partial charge in [0.05, 0.1) is 0 Å². The summed E-state index contributed by atoms with van der Waals surface area (Å²) in [5.41, 5.74) is 5.80. The van der Waals surface area contributed by atoms with Crippen molar-refractivity contribution in [3.8, 4) is 16.9 Å². The summed E-state index contributed by atoms with van der Waals surface area (Å²) in [6.45, 7) is 8.67. The van der Waals surface area contributed by atoms with E-state index in [1.54, 1.807) is 0 Å². The van der Waals surface area contributed by atoms with Gasteiger partial charge < -0.3 is 5.11 Å². The van der Waals surface area contributed by atoms with E-state index in [0.717, 1.165) is 17.5 Å². The molecule has 2 aromatic rings. The number of phenolic OH excluding ortho intramolecular Hbond substituents is 1. The first-order valence-electron chi connectivity index (χ1n) is 7.40. The van der Waals surface area contributed by atoms with E-state index in [0.29, 0.717) is 11.7 Å². The summed E-state index contributed by atoms with van der Waals surface area (Å²) in [5, 5.41) is 10.2. The van der Waals surface area contributed by atoms with Gasteiger partial charge in [-0.25, -0.2) is 0 Å². The predicted octanol–water partition coefficient (Wildman–Crippen LogP) is 5.26. The highest BCUT2D eigenvalue weighted by Crippen LogP contribution is 2.32. The molecule has 0 bridgehead atoms. The summed E-state index contributed by atoms with van der Waals surface area (Å²) < 4.78 is 0. The molecule has 0 spiro atoms. The zero-order valence-electron chi connectivity index (χ0n) is 12.9. The van der Waals surface area contributed by atoms with Gasteiger partial charge in [0.1, 0.15) is 5.75 Å². The Bertz CT molecular complexity index is 578. The second-order valence-corrected chi connectivity index (χ2v) is 5.95. The molecule has 2 aromatic carbocycles. The van der Waals surface area contributed by atoms with Crippen molar-refractivity contribution in [3.63, 3.8) is 0 Å². The van der Waals surface area contributed by atoms with E-state index in [-0.39, 0.29) is 0 Å². The Balaban J connectivity index is 2.42. The number of phenols is 1. The monoisotopic (exact) mass is 268 g/mol. The third kappa shape index (κ3) is 3.41. The van der Waals surface area contributed by atoms with Crippen LogP contribution in [0.2, 0.25) is 0 Å². The molecule has 20 heavy (non-hydrogen) atoms. The molecule has 1 N–H and O–H groups in total. The van der Waals surface area contributed by atoms with Crippen molar-refractivity contribution in [2.24, 2.45) is 5.92 Å². The average Bonchev–Trinajstić information content (AvgIpc) is 2.39. The number of aromatic hydroxyl groups is 1. The first-order chi connectivity index (χ1) is 9.49. The lowest BCUT2D eigenvalue weighted by Gasteiger charge is -2.12. The van der Waals surface area contributed by atoms with Crippen molar-refractivity contribution in [3.05, 3.63) is 53.1 Å². The lowest BCUT2D eigenvalue weighted by molar-refractivity contribution is 0.476. The predicted molar refractivity (Wildman–Crippen MR) is 86.2 cm³/mol. The van der Waals surface area contributed by atoms with Gasteiger partial charge in [0.15, 0.2) is 0 Å². The summed E-state index contributed by atoms with van der Waals surface area (Å²) in [6, 6.07) is 12.4. The quantitative estimate of drug-likeness (QED) is 0.801. The average molecular weight is 268 g/mol. The number of hydrogen-bond acceptors (Lipinski definition) is 1. The maximum atomic E-state index is 10.2. The summed E-state index contributed by atoms with van der Waals surface area (Å²) in [6.07, 6.45) is 2.24. The highest BCUT2D eigenvalue weighted by atomic mass is 16.3. The topological polar surface area (TPSA) is 20.2 Å². The standard InChI is InChI=1S/C19H24O/c1-5-13(2)9-16-6-7-19(20)18(12-16)17-10-14(3)8-15(4)11-17/h6-8,10-13,20H,5,9H2,1-4H3. The fraction of sp³-hybridized carbons (Fsp3) is 0.368. The van der Waals surface area contributed by atoms with Gasteiger partial charge in [-0.3, -0.25) is 0 Å². The number of rotatable bonds is 4. The third-order valence-corrected chi connectivity index (χ3v) is 3.87. The van der Waals surface area contributed by atoms with Gasteiger partial charge in [0, 0.05) is 5.56 Å². The maximum absolute atomic E-state index is 10.2. The van der Waals surface area contributed by atoms with Crippen LogP contribution in [0.5, 0.6) is 5.75 Å². The smallest absolute Gasteiger partial charge is 0.123 e. The number of benzene rings is 2. The molecule has 0 saturated heterocycles. The van der Waals surface area contributed by atoms with Crippen LogP contribution < -0.4 is 0 Å². The van der Waals surface area contributed by atoms with Crippen molar-refractivity contribution in [1.82, 2.24) is 0 Å². The van der Waals surface area contributed by atoms with Crippen molar-refractivity contribution < 1.29 is 5.11 Å². The molecule has 0 amide bonds. The highest BCUT2D eigenvalue weighted by Gasteiger charge is 2.08. The van der Waals surface area contributed by atoms with Gasteiger partial charge in [-0.2, -0.15) is 0 Å². The van der Waals surface area contributed by atoms with Crippen molar-refractivity contribution in [2.75, 3.05) is 0 Å². The van der Waals surface area contributed by atoms with Crippen LogP contribution >= 0.6 is 0 Å². The van der Waals surface area contributed by atoms with Crippen LogP contribution in [0.4, 0.5) is 0 Å². The molecular formula is C19H24O. The minimum absolute atomic E-state index is 0.364. The molecule has 0 aliphatic heterocycles. The summed E-state index contributed by atoms with van der Waals surface area (Å²) in [5.74, 6) is 1.04. The van der Waals surface area contributed by atoms with Gasteiger partial charge in [-0.1, -0.05) is 55.7 Å². The Kier molecular flexibility index (Phi) is 4.49. The molecule has 2 rings (SSSR count). The van der Waals surface area contributed by atoms with Crippen LogP contribution in [0.25, 0.3) is 11.1 Å². The van der Waals surface area contributed by atoms with Gasteiger partial charge >= 0.3 is 0 Å². The molecule has 106 valence electrons.